The van der Waals surface area contributed by atoms with E-state index in [0.717, 1.165) is 22.3 Å². The largest absolute Gasteiger partial charge is 0.481 e. The SMILES string of the molecule is COc1ncc([C@@H]2C=C[C@@H](COC(c3ccccc3)(c3ccccc3)c3ccccc3)O2)c(OC)n1. The molecule has 5 rings (SSSR count). The van der Waals surface area contributed by atoms with Gasteiger partial charge < -0.3 is 18.9 Å². The third-order valence-electron chi connectivity index (χ3n) is 6.27. The van der Waals surface area contributed by atoms with Crippen molar-refractivity contribution in [1.82, 2.24) is 9.97 Å². The Morgan fingerprint density at radius 3 is 1.81 bits per heavy atom. The highest BCUT2D eigenvalue weighted by Gasteiger charge is 2.38. The lowest BCUT2D eigenvalue weighted by atomic mass is 9.80. The van der Waals surface area contributed by atoms with E-state index in [4.69, 9.17) is 18.9 Å². The number of nitrogens with zero attached hydrogens (tertiary/aromatic N) is 2. The summed E-state index contributed by atoms with van der Waals surface area (Å²) >= 11 is 0. The molecule has 6 nitrogen and oxygen atoms in total. The molecule has 1 aliphatic rings. The summed E-state index contributed by atoms with van der Waals surface area (Å²) in [4.78, 5) is 8.50. The van der Waals surface area contributed by atoms with Crippen molar-refractivity contribution in [3.05, 3.63) is 132 Å². The van der Waals surface area contributed by atoms with Crippen LogP contribution in [0.25, 0.3) is 0 Å². The van der Waals surface area contributed by atoms with Crippen LogP contribution >= 0.6 is 0 Å². The second-order valence-corrected chi connectivity index (χ2v) is 8.39. The van der Waals surface area contributed by atoms with Crippen LogP contribution in [0.4, 0.5) is 0 Å². The normalized spacial score (nSPS) is 17.2. The molecular formula is C30H28N2O4. The van der Waals surface area contributed by atoms with Gasteiger partial charge in [-0.25, -0.2) is 4.98 Å². The second kappa shape index (κ2) is 10.7. The lowest BCUT2D eigenvalue weighted by molar-refractivity contribution is -0.0544. The van der Waals surface area contributed by atoms with Gasteiger partial charge in [0.2, 0.25) is 5.88 Å². The molecule has 0 saturated carbocycles. The lowest BCUT2D eigenvalue weighted by Gasteiger charge is -2.36. The van der Waals surface area contributed by atoms with E-state index >= 15 is 0 Å². The van der Waals surface area contributed by atoms with E-state index < -0.39 is 5.60 Å². The first-order valence-corrected chi connectivity index (χ1v) is 11.8. The van der Waals surface area contributed by atoms with E-state index in [0.29, 0.717) is 12.5 Å². The number of hydrogen-bond donors (Lipinski definition) is 0. The molecule has 0 radical (unpaired) electrons. The van der Waals surface area contributed by atoms with Gasteiger partial charge in [-0.3, -0.25) is 0 Å². The van der Waals surface area contributed by atoms with Crippen LogP contribution in [0.3, 0.4) is 0 Å². The van der Waals surface area contributed by atoms with Crippen LogP contribution in [-0.2, 0) is 15.1 Å². The number of rotatable bonds is 9. The minimum Gasteiger partial charge on any atom is -0.481 e. The molecule has 0 unspecified atom stereocenters. The third kappa shape index (κ3) is 4.61. The van der Waals surface area contributed by atoms with Gasteiger partial charge in [0.25, 0.3) is 0 Å². The zero-order valence-corrected chi connectivity index (χ0v) is 20.3. The summed E-state index contributed by atoms with van der Waals surface area (Å²) < 4.78 is 23.8. The Morgan fingerprint density at radius 1 is 0.750 bits per heavy atom. The van der Waals surface area contributed by atoms with E-state index in [1.165, 1.54) is 7.11 Å². The minimum atomic E-state index is -0.806. The third-order valence-corrected chi connectivity index (χ3v) is 6.27. The number of benzene rings is 3. The van der Waals surface area contributed by atoms with Crippen LogP contribution in [0.5, 0.6) is 11.9 Å². The first kappa shape index (κ1) is 23.7. The molecular weight excluding hydrogens is 452 g/mol. The molecule has 2 heterocycles. The van der Waals surface area contributed by atoms with Crippen LogP contribution in [0, 0.1) is 0 Å². The molecule has 0 amide bonds. The summed E-state index contributed by atoms with van der Waals surface area (Å²) in [5.74, 6) is 0.422. The number of methoxy groups -OCH3 is 2. The Labute approximate surface area is 211 Å². The van der Waals surface area contributed by atoms with Gasteiger partial charge in [-0.15, -0.1) is 0 Å². The molecule has 3 aromatic carbocycles. The van der Waals surface area contributed by atoms with Crippen LogP contribution in [-0.4, -0.2) is 36.9 Å². The summed E-state index contributed by atoms with van der Waals surface area (Å²) in [5, 5.41) is 0. The highest BCUT2D eigenvalue weighted by Crippen LogP contribution is 2.41. The van der Waals surface area contributed by atoms with Gasteiger partial charge in [-0.1, -0.05) is 103 Å². The highest BCUT2D eigenvalue weighted by atomic mass is 16.6. The molecule has 0 spiro atoms. The van der Waals surface area contributed by atoms with E-state index in [-0.39, 0.29) is 18.2 Å². The molecule has 0 saturated heterocycles. The van der Waals surface area contributed by atoms with Crippen LogP contribution in [0.1, 0.15) is 28.4 Å². The van der Waals surface area contributed by atoms with Gasteiger partial charge in [0.05, 0.1) is 26.4 Å². The zero-order chi connectivity index (χ0) is 24.8. The maximum Gasteiger partial charge on any atom is 0.319 e. The van der Waals surface area contributed by atoms with Crippen LogP contribution in [0.2, 0.25) is 0 Å². The predicted octanol–water partition coefficient (Wildman–Crippen LogP) is 5.50. The molecule has 182 valence electrons. The van der Waals surface area contributed by atoms with Gasteiger partial charge in [-0.05, 0) is 16.7 Å². The lowest BCUT2D eigenvalue weighted by Crippen LogP contribution is -2.35. The second-order valence-electron chi connectivity index (χ2n) is 8.39. The van der Waals surface area contributed by atoms with E-state index in [1.807, 2.05) is 66.7 Å². The smallest absolute Gasteiger partial charge is 0.319 e. The summed E-state index contributed by atoms with van der Waals surface area (Å²) in [7, 11) is 3.09. The summed E-state index contributed by atoms with van der Waals surface area (Å²) in [6.45, 7) is 0.338. The van der Waals surface area contributed by atoms with Crippen molar-refractivity contribution in [2.75, 3.05) is 20.8 Å². The molecule has 1 aromatic heterocycles. The molecule has 0 N–H and O–H groups in total. The van der Waals surface area contributed by atoms with Gasteiger partial charge in [-0.2, -0.15) is 4.98 Å². The van der Waals surface area contributed by atoms with Gasteiger partial charge in [0.1, 0.15) is 17.8 Å². The van der Waals surface area contributed by atoms with Crippen molar-refractivity contribution in [3.63, 3.8) is 0 Å². The Kier molecular flexibility index (Phi) is 7.07. The van der Waals surface area contributed by atoms with Crippen molar-refractivity contribution < 1.29 is 18.9 Å². The Balaban J connectivity index is 1.45. The molecule has 0 fully saturated rings. The van der Waals surface area contributed by atoms with Crippen molar-refractivity contribution in [2.45, 2.75) is 17.8 Å². The van der Waals surface area contributed by atoms with Crippen molar-refractivity contribution in [1.29, 1.82) is 0 Å². The fourth-order valence-electron chi connectivity index (χ4n) is 4.57. The Morgan fingerprint density at radius 2 is 1.31 bits per heavy atom. The fraction of sp³-hybridized carbons (Fsp3) is 0.200. The zero-order valence-electron chi connectivity index (χ0n) is 20.3. The van der Waals surface area contributed by atoms with Crippen molar-refractivity contribution >= 4 is 0 Å². The Hall–Kier alpha value is -4.00. The fourth-order valence-corrected chi connectivity index (χ4v) is 4.57. The monoisotopic (exact) mass is 480 g/mol. The molecule has 36 heavy (non-hydrogen) atoms. The van der Waals surface area contributed by atoms with E-state index in [1.54, 1.807) is 13.3 Å². The first-order chi connectivity index (χ1) is 17.7. The van der Waals surface area contributed by atoms with Crippen molar-refractivity contribution in [2.24, 2.45) is 0 Å². The van der Waals surface area contributed by atoms with Gasteiger partial charge >= 0.3 is 6.01 Å². The Bertz CT molecular complexity index is 1200. The summed E-state index contributed by atoms with van der Waals surface area (Å²) in [6.07, 6.45) is 5.05. The molecule has 6 heteroatoms. The average molecular weight is 481 g/mol. The maximum absolute atomic E-state index is 6.89. The minimum absolute atomic E-state index is 0.246. The van der Waals surface area contributed by atoms with Crippen LogP contribution in [0.15, 0.2) is 109 Å². The quantitative estimate of drug-likeness (QED) is 0.233. The molecule has 0 bridgehead atoms. The van der Waals surface area contributed by atoms with Crippen molar-refractivity contribution in [3.8, 4) is 11.9 Å². The highest BCUT2D eigenvalue weighted by molar-refractivity contribution is 5.47. The molecule has 2 atom stereocenters. The van der Waals surface area contributed by atoms with Gasteiger partial charge in [0, 0.05) is 6.20 Å². The summed E-state index contributed by atoms with van der Waals surface area (Å²) in [6, 6.07) is 31.2. The predicted molar refractivity (Wildman–Crippen MR) is 137 cm³/mol. The van der Waals surface area contributed by atoms with E-state index in [2.05, 4.69) is 46.4 Å². The number of ether oxygens (including phenoxy) is 4. The number of aromatic nitrogens is 2. The number of hydrogen-bond acceptors (Lipinski definition) is 6. The van der Waals surface area contributed by atoms with E-state index in [9.17, 15) is 0 Å². The average Bonchev–Trinajstić information content (AvgIpc) is 3.43. The first-order valence-electron chi connectivity index (χ1n) is 11.8. The molecule has 4 aromatic rings. The molecule has 0 aliphatic carbocycles. The van der Waals surface area contributed by atoms with Crippen LogP contribution < -0.4 is 9.47 Å². The topological polar surface area (TPSA) is 62.7 Å². The maximum atomic E-state index is 6.89. The summed E-state index contributed by atoms with van der Waals surface area (Å²) in [5.41, 5.74) is 3.07. The van der Waals surface area contributed by atoms with Gasteiger partial charge in [0.15, 0.2) is 0 Å². The standard InChI is InChI=1S/C30H28N2O4/c1-33-28-26(20-31-29(32-28)34-2)27-19-18-25(36-27)21-35-30(22-12-6-3-7-13-22,23-14-8-4-9-15-23)24-16-10-5-11-17-24/h3-20,25,27H,21H2,1-2H3/t25-,27-/m0/s1. The molecule has 1 aliphatic heterocycles.